The van der Waals surface area contributed by atoms with E-state index in [1.54, 1.807) is 11.9 Å². The Hall–Kier alpha value is -2.11. The van der Waals surface area contributed by atoms with Gasteiger partial charge in [0.25, 0.3) is 11.5 Å². The maximum atomic E-state index is 12.5. The summed E-state index contributed by atoms with van der Waals surface area (Å²) in [6.45, 7) is 5.02. The van der Waals surface area contributed by atoms with Crippen molar-refractivity contribution < 1.29 is 9.59 Å². The van der Waals surface area contributed by atoms with Crippen molar-refractivity contribution in [3.63, 3.8) is 0 Å². The summed E-state index contributed by atoms with van der Waals surface area (Å²) in [7, 11) is 1.59. The van der Waals surface area contributed by atoms with Crippen molar-refractivity contribution in [2.45, 2.75) is 46.0 Å². The summed E-state index contributed by atoms with van der Waals surface area (Å²) in [4.78, 5) is 38.9. The van der Waals surface area contributed by atoms with Crippen LogP contribution in [0.15, 0.2) is 17.1 Å². The normalized spacial score (nSPS) is 15.1. The number of nitrogens with zero attached hydrogens (tertiary/aromatic N) is 2. The lowest BCUT2D eigenvalue weighted by Crippen LogP contribution is -2.33. The van der Waals surface area contributed by atoms with E-state index < -0.39 is 0 Å². The molecule has 6 nitrogen and oxygen atoms in total. The second-order valence-electron chi connectivity index (χ2n) is 6.36. The molecule has 1 N–H and O–H groups in total. The molecule has 1 fully saturated rings. The van der Waals surface area contributed by atoms with E-state index in [0.29, 0.717) is 18.7 Å². The second-order valence-corrected chi connectivity index (χ2v) is 6.36. The van der Waals surface area contributed by atoms with E-state index in [9.17, 15) is 14.4 Å². The number of aromatic nitrogens is 1. The molecule has 0 saturated heterocycles. The van der Waals surface area contributed by atoms with E-state index >= 15 is 0 Å². The van der Waals surface area contributed by atoms with Crippen molar-refractivity contribution >= 4 is 17.5 Å². The topological polar surface area (TPSA) is 71.4 Å². The van der Waals surface area contributed by atoms with Crippen molar-refractivity contribution in [3.05, 3.63) is 28.2 Å². The number of carbonyl (C=O) groups excluding carboxylic acids is 2. The summed E-state index contributed by atoms with van der Waals surface area (Å²) in [5, 5.41) is 2.75. The SMILES string of the molecule is CCN(CC)C(=O)c1cc(NC(=O)C2CCCCC2)c(=O)n(C)c1. The highest BCUT2D eigenvalue weighted by atomic mass is 16.2. The van der Waals surface area contributed by atoms with Crippen LogP contribution in [0.25, 0.3) is 0 Å². The van der Waals surface area contributed by atoms with Crippen LogP contribution >= 0.6 is 0 Å². The Morgan fingerprint density at radius 3 is 2.42 bits per heavy atom. The third-order valence-corrected chi connectivity index (χ3v) is 4.71. The van der Waals surface area contributed by atoms with Crippen LogP contribution < -0.4 is 10.9 Å². The fourth-order valence-electron chi connectivity index (χ4n) is 3.21. The molecule has 0 aromatic carbocycles. The molecular formula is C18H27N3O3. The molecule has 1 heterocycles. The van der Waals surface area contributed by atoms with E-state index in [4.69, 9.17) is 0 Å². The predicted molar refractivity (Wildman–Crippen MR) is 94.1 cm³/mol. The van der Waals surface area contributed by atoms with Crippen LogP contribution in [0, 0.1) is 5.92 Å². The van der Waals surface area contributed by atoms with Crippen LogP contribution in [0.1, 0.15) is 56.3 Å². The van der Waals surface area contributed by atoms with Gasteiger partial charge in [0.15, 0.2) is 0 Å². The molecule has 0 bridgehead atoms. The highest BCUT2D eigenvalue weighted by molar-refractivity contribution is 5.97. The monoisotopic (exact) mass is 333 g/mol. The molecule has 1 aromatic heterocycles. The summed E-state index contributed by atoms with van der Waals surface area (Å²) in [6.07, 6.45) is 6.53. The van der Waals surface area contributed by atoms with Crippen molar-refractivity contribution in [2.75, 3.05) is 18.4 Å². The Morgan fingerprint density at radius 1 is 1.21 bits per heavy atom. The molecule has 0 radical (unpaired) electrons. The molecule has 6 heteroatoms. The van der Waals surface area contributed by atoms with Gasteiger partial charge in [0.05, 0.1) is 5.56 Å². The number of aryl methyl sites for hydroxylation is 1. The molecule has 2 amide bonds. The van der Waals surface area contributed by atoms with Gasteiger partial charge in [-0.1, -0.05) is 19.3 Å². The minimum Gasteiger partial charge on any atom is -0.339 e. The summed E-state index contributed by atoms with van der Waals surface area (Å²) >= 11 is 0. The number of rotatable bonds is 5. The number of nitrogens with one attached hydrogen (secondary N) is 1. The second kappa shape index (κ2) is 8.13. The van der Waals surface area contributed by atoms with Crippen LogP contribution in [-0.4, -0.2) is 34.4 Å². The lowest BCUT2D eigenvalue weighted by Gasteiger charge is -2.21. The average molecular weight is 333 g/mol. The van der Waals surface area contributed by atoms with Gasteiger partial charge >= 0.3 is 0 Å². The van der Waals surface area contributed by atoms with Crippen LogP contribution in [0.5, 0.6) is 0 Å². The third kappa shape index (κ3) is 4.04. The maximum absolute atomic E-state index is 12.5. The van der Waals surface area contributed by atoms with Gasteiger partial charge in [-0.3, -0.25) is 14.4 Å². The maximum Gasteiger partial charge on any atom is 0.274 e. The summed E-state index contributed by atoms with van der Waals surface area (Å²) in [5.74, 6) is -0.284. The van der Waals surface area contributed by atoms with Gasteiger partial charge < -0.3 is 14.8 Å². The lowest BCUT2D eigenvalue weighted by molar-refractivity contribution is -0.120. The lowest BCUT2D eigenvalue weighted by atomic mass is 9.88. The fraction of sp³-hybridized carbons (Fsp3) is 0.611. The minimum absolute atomic E-state index is 0.0365. The molecule has 1 aliphatic carbocycles. The summed E-state index contributed by atoms with van der Waals surface area (Å²) in [6, 6.07) is 1.50. The Labute approximate surface area is 142 Å². The summed E-state index contributed by atoms with van der Waals surface area (Å²) < 4.78 is 1.35. The molecule has 1 aliphatic rings. The van der Waals surface area contributed by atoms with Crippen LogP contribution in [0.2, 0.25) is 0 Å². The summed E-state index contributed by atoms with van der Waals surface area (Å²) in [5.41, 5.74) is 0.307. The predicted octanol–water partition coefficient (Wildman–Crippen LogP) is 2.39. The zero-order valence-corrected chi connectivity index (χ0v) is 14.8. The molecule has 2 rings (SSSR count). The fourth-order valence-corrected chi connectivity index (χ4v) is 3.21. The highest BCUT2D eigenvalue weighted by Gasteiger charge is 2.23. The zero-order chi connectivity index (χ0) is 17.7. The van der Waals surface area contributed by atoms with Crippen molar-refractivity contribution in [1.82, 2.24) is 9.47 Å². The Balaban J connectivity index is 2.24. The first-order chi connectivity index (χ1) is 11.5. The number of anilines is 1. The van der Waals surface area contributed by atoms with Crippen LogP contribution in [0.4, 0.5) is 5.69 Å². The first-order valence-corrected chi connectivity index (χ1v) is 8.78. The van der Waals surface area contributed by atoms with Gasteiger partial charge in [0, 0.05) is 32.3 Å². The number of amides is 2. The third-order valence-electron chi connectivity index (χ3n) is 4.71. The van der Waals surface area contributed by atoms with Crippen molar-refractivity contribution in [2.24, 2.45) is 13.0 Å². The average Bonchev–Trinajstić information content (AvgIpc) is 2.60. The van der Waals surface area contributed by atoms with Gasteiger partial charge in [-0.05, 0) is 32.8 Å². The van der Waals surface area contributed by atoms with E-state index in [0.717, 1.165) is 25.7 Å². The van der Waals surface area contributed by atoms with Gasteiger partial charge in [0.2, 0.25) is 5.91 Å². The van der Waals surface area contributed by atoms with E-state index in [1.165, 1.54) is 23.3 Å². The molecule has 0 spiro atoms. The molecule has 1 saturated carbocycles. The Kier molecular flexibility index (Phi) is 6.17. The minimum atomic E-state index is -0.296. The van der Waals surface area contributed by atoms with Gasteiger partial charge in [0.1, 0.15) is 5.69 Å². The number of pyridine rings is 1. The molecule has 132 valence electrons. The molecule has 1 aromatic rings. The van der Waals surface area contributed by atoms with E-state index in [-0.39, 0.29) is 29.0 Å². The van der Waals surface area contributed by atoms with Gasteiger partial charge in [-0.2, -0.15) is 0 Å². The Morgan fingerprint density at radius 2 is 1.83 bits per heavy atom. The van der Waals surface area contributed by atoms with E-state index in [2.05, 4.69) is 5.32 Å². The molecule has 0 unspecified atom stereocenters. The van der Waals surface area contributed by atoms with E-state index in [1.807, 2.05) is 13.8 Å². The standard InChI is InChI=1S/C18H27N3O3/c1-4-21(5-2)17(23)14-11-15(18(24)20(3)12-14)19-16(22)13-9-7-6-8-10-13/h11-13H,4-10H2,1-3H3,(H,19,22). The van der Waals surface area contributed by atoms with Gasteiger partial charge in [-0.25, -0.2) is 0 Å². The first kappa shape index (κ1) is 18.2. The molecule has 0 atom stereocenters. The largest absolute Gasteiger partial charge is 0.339 e. The van der Waals surface area contributed by atoms with Crippen LogP contribution in [-0.2, 0) is 11.8 Å². The number of hydrogen-bond acceptors (Lipinski definition) is 3. The zero-order valence-electron chi connectivity index (χ0n) is 14.8. The molecular weight excluding hydrogens is 306 g/mol. The highest BCUT2D eigenvalue weighted by Crippen LogP contribution is 2.24. The van der Waals surface area contributed by atoms with Crippen molar-refractivity contribution in [3.8, 4) is 0 Å². The smallest absolute Gasteiger partial charge is 0.274 e. The first-order valence-electron chi connectivity index (χ1n) is 8.78. The molecule has 0 aliphatic heterocycles. The van der Waals surface area contributed by atoms with Crippen LogP contribution in [0.3, 0.4) is 0 Å². The van der Waals surface area contributed by atoms with Crippen molar-refractivity contribution in [1.29, 1.82) is 0 Å². The number of hydrogen-bond donors (Lipinski definition) is 1. The Bertz CT molecular complexity index is 656. The van der Waals surface area contributed by atoms with Gasteiger partial charge in [-0.15, -0.1) is 0 Å². The number of carbonyl (C=O) groups is 2. The quantitative estimate of drug-likeness (QED) is 0.899. The molecule has 24 heavy (non-hydrogen) atoms.